The molecule has 0 heterocycles. The molecule has 0 rings (SSSR count). The van der Waals surface area contributed by atoms with E-state index in [0.717, 1.165) is 44.9 Å². The van der Waals surface area contributed by atoms with E-state index >= 15 is 0 Å². The summed E-state index contributed by atoms with van der Waals surface area (Å²) in [6.45, 7) is 4.95. The lowest BCUT2D eigenvalue weighted by Gasteiger charge is -2.22. The average molecular weight is 850 g/mol. The molecule has 0 aliphatic carbocycles. The van der Waals surface area contributed by atoms with E-state index in [9.17, 15) is 19.8 Å². The maximum Gasteiger partial charge on any atom is 0.305 e. The molecular weight excluding hydrogens is 743 g/mol. The SMILES string of the molecule is CCCCCCCCCCCCCCCCCC(O)C(CO)NC(=O)CCCCCCCCCCCCCCCCCOC(=O)CCCCCCCCCCCCCCC. The van der Waals surface area contributed by atoms with Gasteiger partial charge >= 0.3 is 5.97 Å². The van der Waals surface area contributed by atoms with Crippen LogP contribution in [0.3, 0.4) is 0 Å². The maximum absolute atomic E-state index is 12.5. The molecule has 0 aromatic carbocycles. The Kier molecular flexibility index (Phi) is 49.5. The highest BCUT2D eigenvalue weighted by atomic mass is 16.5. The number of amides is 1. The Bertz CT molecular complexity index is 852. The minimum Gasteiger partial charge on any atom is -0.466 e. The molecule has 1 amide bonds. The predicted molar refractivity (Wildman–Crippen MR) is 260 cm³/mol. The number of unbranched alkanes of at least 4 members (excludes halogenated alkanes) is 40. The number of carbonyl (C=O) groups excluding carboxylic acids is 2. The summed E-state index contributed by atoms with van der Waals surface area (Å²) in [5.41, 5.74) is 0. The first-order valence-electron chi connectivity index (χ1n) is 27.3. The average Bonchev–Trinajstić information content (AvgIpc) is 3.25. The minimum atomic E-state index is -0.668. The van der Waals surface area contributed by atoms with Crippen molar-refractivity contribution in [1.82, 2.24) is 5.32 Å². The molecule has 0 radical (unpaired) electrons. The monoisotopic (exact) mass is 850 g/mol. The molecule has 0 spiro atoms. The van der Waals surface area contributed by atoms with Gasteiger partial charge in [0, 0.05) is 12.8 Å². The van der Waals surface area contributed by atoms with Crippen molar-refractivity contribution in [2.24, 2.45) is 0 Å². The van der Waals surface area contributed by atoms with E-state index in [1.54, 1.807) is 0 Å². The van der Waals surface area contributed by atoms with Crippen LogP contribution in [-0.2, 0) is 14.3 Å². The van der Waals surface area contributed by atoms with Gasteiger partial charge < -0.3 is 20.3 Å². The normalized spacial score (nSPS) is 12.5. The second kappa shape index (κ2) is 50.5. The van der Waals surface area contributed by atoms with Crippen LogP contribution in [0, 0.1) is 0 Å². The van der Waals surface area contributed by atoms with Crippen LogP contribution in [-0.4, -0.2) is 47.4 Å². The molecule has 0 bridgehead atoms. The van der Waals surface area contributed by atoms with Crippen molar-refractivity contribution in [3.63, 3.8) is 0 Å². The first-order chi connectivity index (χ1) is 29.5. The third-order valence-corrected chi connectivity index (χ3v) is 12.9. The number of hydrogen-bond donors (Lipinski definition) is 3. The number of aliphatic hydroxyl groups excluding tert-OH is 2. The lowest BCUT2D eigenvalue weighted by molar-refractivity contribution is -0.143. The molecule has 0 saturated carbocycles. The number of carbonyl (C=O) groups is 2. The Balaban J connectivity index is 3.42. The van der Waals surface area contributed by atoms with E-state index in [1.165, 1.54) is 231 Å². The number of ether oxygens (including phenoxy) is 1. The van der Waals surface area contributed by atoms with Gasteiger partial charge in [0.25, 0.3) is 0 Å². The number of hydrogen-bond acceptors (Lipinski definition) is 5. The molecule has 2 atom stereocenters. The number of esters is 1. The summed E-state index contributed by atoms with van der Waals surface area (Å²) >= 11 is 0. The van der Waals surface area contributed by atoms with Crippen LogP contribution in [0.1, 0.15) is 309 Å². The zero-order chi connectivity index (χ0) is 43.7. The van der Waals surface area contributed by atoms with E-state index in [4.69, 9.17) is 4.74 Å². The smallest absolute Gasteiger partial charge is 0.305 e. The van der Waals surface area contributed by atoms with Crippen molar-refractivity contribution in [2.75, 3.05) is 13.2 Å². The molecular formula is C54H107NO5. The van der Waals surface area contributed by atoms with Crippen LogP contribution < -0.4 is 5.32 Å². The van der Waals surface area contributed by atoms with Gasteiger partial charge in [0.05, 0.1) is 25.4 Å². The maximum atomic E-state index is 12.5. The molecule has 0 aromatic rings. The van der Waals surface area contributed by atoms with Crippen molar-refractivity contribution in [3.8, 4) is 0 Å². The molecule has 0 saturated heterocycles. The summed E-state index contributed by atoms with van der Waals surface area (Å²) in [5, 5.41) is 23.2. The molecule has 3 N–H and O–H groups in total. The Morgan fingerprint density at radius 3 is 1.02 bits per heavy atom. The summed E-state index contributed by atoms with van der Waals surface area (Å²) in [7, 11) is 0. The van der Waals surface area contributed by atoms with Crippen molar-refractivity contribution in [1.29, 1.82) is 0 Å². The molecule has 0 aromatic heterocycles. The second-order valence-corrected chi connectivity index (χ2v) is 18.9. The van der Waals surface area contributed by atoms with E-state index in [-0.39, 0.29) is 18.5 Å². The van der Waals surface area contributed by atoms with Crippen LogP contribution in [0.4, 0.5) is 0 Å². The van der Waals surface area contributed by atoms with Crippen molar-refractivity contribution >= 4 is 11.9 Å². The Morgan fingerprint density at radius 1 is 0.400 bits per heavy atom. The highest BCUT2D eigenvalue weighted by Gasteiger charge is 2.20. The van der Waals surface area contributed by atoms with E-state index in [0.29, 0.717) is 25.9 Å². The molecule has 6 nitrogen and oxygen atoms in total. The van der Waals surface area contributed by atoms with E-state index in [1.807, 2.05) is 0 Å². The first kappa shape index (κ1) is 58.9. The van der Waals surface area contributed by atoms with Crippen LogP contribution >= 0.6 is 0 Å². The molecule has 0 fully saturated rings. The molecule has 0 aliphatic rings. The summed E-state index contributed by atoms with van der Waals surface area (Å²) in [5.74, 6) is -0.0381. The van der Waals surface area contributed by atoms with Gasteiger partial charge in [0.1, 0.15) is 0 Å². The van der Waals surface area contributed by atoms with Gasteiger partial charge in [-0.05, 0) is 25.7 Å². The lowest BCUT2D eigenvalue weighted by Crippen LogP contribution is -2.45. The fourth-order valence-electron chi connectivity index (χ4n) is 8.70. The largest absolute Gasteiger partial charge is 0.466 e. The fourth-order valence-corrected chi connectivity index (χ4v) is 8.70. The van der Waals surface area contributed by atoms with E-state index < -0.39 is 12.1 Å². The molecule has 358 valence electrons. The zero-order valence-electron chi connectivity index (χ0n) is 40.7. The molecule has 2 unspecified atom stereocenters. The van der Waals surface area contributed by atoms with Crippen LogP contribution in [0.2, 0.25) is 0 Å². The van der Waals surface area contributed by atoms with E-state index in [2.05, 4.69) is 19.2 Å². The Hall–Kier alpha value is -1.14. The molecule has 0 aliphatic heterocycles. The minimum absolute atomic E-state index is 0.00298. The van der Waals surface area contributed by atoms with Gasteiger partial charge in [-0.3, -0.25) is 9.59 Å². The third-order valence-electron chi connectivity index (χ3n) is 12.9. The molecule has 6 heteroatoms. The predicted octanol–water partition coefficient (Wildman–Crippen LogP) is 16.4. The molecule has 60 heavy (non-hydrogen) atoms. The van der Waals surface area contributed by atoms with Gasteiger partial charge in [0.15, 0.2) is 0 Å². The highest BCUT2D eigenvalue weighted by Crippen LogP contribution is 2.17. The van der Waals surface area contributed by atoms with Gasteiger partial charge in [0.2, 0.25) is 5.91 Å². The van der Waals surface area contributed by atoms with Crippen LogP contribution in [0.5, 0.6) is 0 Å². The quantitative estimate of drug-likeness (QED) is 0.0418. The summed E-state index contributed by atoms with van der Waals surface area (Å²) in [6, 6.07) is -0.546. The van der Waals surface area contributed by atoms with Crippen molar-refractivity contribution in [2.45, 2.75) is 321 Å². The van der Waals surface area contributed by atoms with Crippen LogP contribution in [0.15, 0.2) is 0 Å². The number of rotatable bonds is 51. The number of nitrogens with one attached hydrogen (secondary N) is 1. The van der Waals surface area contributed by atoms with Crippen LogP contribution in [0.25, 0.3) is 0 Å². The Labute approximate surface area is 375 Å². The number of aliphatic hydroxyl groups is 2. The van der Waals surface area contributed by atoms with Gasteiger partial charge in [-0.1, -0.05) is 271 Å². The zero-order valence-corrected chi connectivity index (χ0v) is 40.7. The summed E-state index contributed by atoms with van der Waals surface area (Å²) in [6.07, 6.45) is 56.4. The highest BCUT2D eigenvalue weighted by molar-refractivity contribution is 5.76. The van der Waals surface area contributed by atoms with Crippen molar-refractivity contribution < 1.29 is 24.5 Å². The third kappa shape index (κ3) is 46.4. The standard InChI is InChI=1S/C54H107NO5/c1-3-5-7-9-11-13-15-17-19-23-26-30-34-38-42-46-52(57)51(50-56)55-53(58)47-43-39-35-31-27-24-20-18-21-25-29-33-37-41-45-49-60-54(59)48-44-40-36-32-28-22-16-14-12-10-8-6-4-2/h51-52,56-57H,3-50H2,1-2H3,(H,55,58). The van der Waals surface area contributed by atoms with Gasteiger partial charge in [-0.2, -0.15) is 0 Å². The second-order valence-electron chi connectivity index (χ2n) is 18.9. The first-order valence-corrected chi connectivity index (χ1v) is 27.3. The summed E-state index contributed by atoms with van der Waals surface area (Å²) < 4.78 is 5.47. The van der Waals surface area contributed by atoms with Gasteiger partial charge in [-0.15, -0.1) is 0 Å². The Morgan fingerprint density at radius 2 is 0.683 bits per heavy atom. The fraction of sp³-hybridized carbons (Fsp3) is 0.963. The topological polar surface area (TPSA) is 95.9 Å². The summed E-state index contributed by atoms with van der Waals surface area (Å²) in [4.78, 5) is 24.5. The van der Waals surface area contributed by atoms with Crippen molar-refractivity contribution in [3.05, 3.63) is 0 Å². The lowest BCUT2D eigenvalue weighted by atomic mass is 10.0. The van der Waals surface area contributed by atoms with Gasteiger partial charge in [-0.25, -0.2) is 0 Å².